The summed E-state index contributed by atoms with van der Waals surface area (Å²) in [7, 11) is 0. The van der Waals surface area contributed by atoms with Crippen LogP contribution in [0.4, 0.5) is 11.8 Å². The highest BCUT2D eigenvalue weighted by Crippen LogP contribution is 2.19. The molecule has 2 rings (SSSR count). The lowest BCUT2D eigenvalue weighted by Crippen LogP contribution is -2.07. The van der Waals surface area contributed by atoms with Crippen LogP contribution in [0.25, 0.3) is 0 Å². The maximum Gasteiger partial charge on any atom is 0.221 e. The van der Waals surface area contributed by atoms with Gasteiger partial charge >= 0.3 is 0 Å². The summed E-state index contributed by atoms with van der Waals surface area (Å²) in [5.74, 6) is 1.13. The van der Waals surface area contributed by atoms with Crippen LogP contribution in [0, 0.1) is 0 Å². The lowest BCUT2D eigenvalue weighted by Gasteiger charge is -2.13. The van der Waals surface area contributed by atoms with Crippen LogP contribution >= 0.6 is 0 Å². The van der Waals surface area contributed by atoms with Crippen molar-refractivity contribution < 1.29 is 0 Å². The predicted octanol–water partition coefficient (Wildman–Crippen LogP) is 2.36. The number of allylic oxidation sites excluding steroid dienone is 1. The molecule has 0 saturated carbocycles. The van der Waals surface area contributed by atoms with E-state index in [9.17, 15) is 0 Å². The highest BCUT2D eigenvalue weighted by molar-refractivity contribution is 5.37. The first kappa shape index (κ1) is 10.9. The number of aromatic nitrogens is 2. The molecule has 16 heavy (non-hydrogen) atoms. The molecule has 1 aromatic heterocycles. The Hall–Kier alpha value is -1.58. The zero-order valence-electron chi connectivity index (χ0n) is 9.45. The Labute approximate surface area is 96.0 Å². The van der Waals surface area contributed by atoms with Gasteiger partial charge in [0.1, 0.15) is 5.82 Å². The highest BCUT2D eigenvalue weighted by atomic mass is 15.1. The van der Waals surface area contributed by atoms with E-state index in [4.69, 9.17) is 5.73 Å². The number of anilines is 2. The van der Waals surface area contributed by atoms with Gasteiger partial charge in [-0.3, -0.25) is 0 Å². The zero-order valence-corrected chi connectivity index (χ0v) is 9.45. The molecule has 0 saturated heterocycles. The molecule has 0 bridgehead atoms. The van der Waals surface area contributed by atoms with E-state index in [1.54, 1.807) is 11.8 Å². The Morgan fingerprint density at radius 1 is 1.38 bits per heavy atom. The van der Waals surface area contributed by atoms with Gasteiger partial charge in [0.25, 0.3) is 0 Å². The Bertz CT molecular complexity index is 373. The van der Waals surface area contributed by atoms with E-state index in [1.165, 1.54) is 25.7 Å². The van der Waals surface area contributed by atoms with Gasteiger partial charge in [-0.05, 0) is 38.2 Å². The van der Waals surface area contributed by atoms with Gasteiger partial charge < -0.3 is 11.1 Å². The normalized spacial score (nSPS) is 15.6. The van der Waals surface area contributed by atoms with Crippen molar-refractivity contribution in [2.45, 2.75) is 32.1 Å². The fourth-order valence-corrected chi connectivity index (χ4v) is 1.96. The van der Waals surface area contributed by atoms with Gasteiger partial charge in [-0.15, -0.1) is 0 Å². The minimum absolute atomic E-state index is 0.321. The molecule has 0 spiro atoms. The summed E-state index contributed by atoms with van der Waals surface area (Å²) in [6.07, 6.45) is 10.3. The van der Waals surface area contributed by atoms with Gasteiger partial charge in [-0.25, -0.2) is 4.98 Å². The number of hydrogen-bond acceptors (Lipinski definition) is 4. The van der Waals surface area contributed by atoms with E-state index in [0.717, 1.165) is 18.8 Å². The Balaban J connectivity index is 1.77. The number of hydrogen-bond donors (Lipinski definition) is 2. The lowest BCUT2D eigenvalue weighted by atomic mass is 9.97. The monoisotopic (exact) mass is 218 g/mol. The largest absolute Gasteiger partial charge is 0.370 e. The molecular weight excluding hydrogens is 200 g/mol. The van der Waals surface area contributed by atoms with Gasteiger partial charge in [0, 0.05) is 12.7 Å². The van der Waals surface area contributed by atoms with Crippen molar-refractivity contribution in [3.8, 4) is 0 Å². The second kappa shape index (κ2) is 5.49. The average molecular weight is 218 g/mol. The van der Waals surface area contributed by atoms with Crippen molar-refractivity contribution in [1.82, 2.24) is 9.97 Å². The van der Waals surface area contributed by atoms with Crippen LogP contribution in [-0.2, 0) is 0 Å². The van der Waals surface area contributed by atoms with E-state index >= 15 is 0 Å². The van der Waals surface area contributed by atoms with Crippen molar-refractivity contribution in [2.24, 2.45) is 0 Å². The summed E-state index contributed by atoms with van der Waals surface area (Å²) < 4.78 is 0. The topological polar surface area (TPSA) is 63.8 Å². The van der Waals surface area contributed by atoms with Gasteiger partial charge in [0.05, 0.1) is 0 Å². The second-order valence-electron chi connectivity index (χ2n) is 4.09. The predicted molar refractivity (Wildman–Crippen MR) is 66.1 cm³/mol. The average Bonchev–Trinajstić information content (AvgIpc) is 2.30. The molecule has 4 heteroatoms. The van der Waals surface area contributed by atoms with Crippen LogP contribution in [0.15, 0.2) is 23.9 Å². The number of nitrogen functional groups attached to an aromatic ring is 1. The quantitative estimate of drug-likeness (QED) is 0.761. The summed E-state index contributed by atoms with van der Waals surface area (Å²) in [4.78, 5) is 7.94. The van der Waals surface area contributed by atoms with Gasteiger partial charge in [0.15, 0.2) is 0 Å². The first-order valence-corrected chi connectivity index (χ1v) is 5.85. The third kappa shape index (κ3) is 3.22. The highest BCUT2D eigenvalue weighted by Gasteiger charge is 2.03. The molecule has 1 heterocycles. The number of nitrogens with zero attached hydrogens (tertiary/aromatic N) is 2. The minimum atomic E-state index is 0.321. The van der Waals surface area contributed by atoms with Crippen LogP contribution in [0.5, 0.6) is 0 Å². The number of nitrogens with one attached hydrogen (secondary N) is 1. The fraction of sp³-hybridized carbons (Fsp3) is 0.500. The first-order valence-electron chi connectivity index (χ1n) is 5.85. The molecule has 1 aliphatic rings. The third-order valence-corrected chi connectivity index (χ3v) is 2.81. The van der Waals surface area contributed by atoms with E-state index in [1.807, 2.05) is 6.07 Å². The molecule has 0 aromatic carbocycles. The van der Waals surface area contributed by atoms with Crippen molar-refractivity contribution in [3.05, 3.63) is 23.9 Å². The third-order valence-electron chi connectivity index (χ3n) is 2.81. The molecule has 0 fully saturated rings. The molecule has 0 unspecified atom stereocenters. The Kier molecular flexibility index (Phi) is 3.75. The first-order chi connectivity index (χ1) is 7.84. The van der Waals surface area contributed by atoms with Crippen molar-refractivity contribution in [2.75, 3.05) is 17.6 Å². The Morgan fingerprint density at radius 3 is 3.06 bits per heavy atom. The maximum absolute atomic E-state index is 5.50. The Morgan fingerprint density at radius 2 is 2.31 bits per heavy atom. The van der Waals surface area contributed by atoms with Gasteiger partial charge in [-0.1, -0.05) is 11.6 Å². The van der Waals surface area contributed by atoms with Crippen molar-refractivity contribution in [1.29, 1.82) is 0 Å². The van der Waals surface area contributed by atoms with Crippen LogP contribution in [0.3, 0.4) is 0 Å². The van der Waals surface area contributed by atoms with E-state index in [2.05, 4.69) is 21.4 Å². The number of nitrogens with two attached hydrogens (primary N) is 1. The number of rotatable bonds is 4. The molecule has 0 radical (unpaired) electrons. The van der Waals surface area contributed by atoms with E-state index in [-0.39, 0.29) is 0 Å². The summed E-state index contributed by atoms with van der Waals surface area (Å²) in [6.45, 7) is 0.919. The molecule has 3 N–H and O–H groups in total. The lowest BCUT2D eigenvalue weighted by molar-refractivity contribution is 0.679. The second-order valence-corrected chi connectivity index (χ2v) is 4.09. The van der Waals surface area contributed by atoms with Gasteiger partial charge in [0.2, 0.25) is 5.95 Å². The van der Waals surface area contributed by atoms with Crippen LogP contribution in [-0.4, -0.2) is 16.5 Å². The zero-order chi connectivity index (χ0) is 11.2. The summed E-state index contributed by atoms with van der Waals surface area (Å²) >= 11 is 0. The molecule has 1 aromatic rings. The molecule has 0 amide bonds. The van der Waals surface area contributed by atoms with Crippen molar-refractivity contribution in [3.63, 3.8) is 0 Å². The standard InChI is InChI=1S/C12H18N4/c13-12-15-9-7-11(16-12)14-8-6-10-4-2-1-3-5-10/h4,7,9H,1-3,5-6,8H2,(H3,13,14,15,16). The van der Waals surface area contributed by atoms with Crippen LogP contribution in [0.2, 0.25) is 0 Å². The fourth-order valence-electron chi connectivity index (χ4n) is 1.96. The molecule has 86 valence electrons. The van der Waals surface area contributed by atoms with Crippen LogP contribution < -0.4 is 11.1 Å². The molecule has 0 aliphatic heterocycles. The van der Waals surface area contributed by atoms with E-state index in [0.29, 0.717) is 5.95 Å². The SMILES string of the molecule is Nc1nccc(NCCC2=CCCCC2)n1. The maximum atomic E-state index is 5.50. The van der Waals surface area contributed by atoms with Crippen LogP contribution in [0.1, 0.15) is 32.1 Å². The summed E-state index contributed by atoms with van der Waals surface area (Å²) in [5, 5.41) is 3.26. The van der Waals surface area contributed by atoms with E-state index < -0.39 is 0 Å². The van der Waals surface area contributed by atoms with Crippen molar-refractivity contribution >= 4 is 11.8 Å². The molecule has 4 nitrogen and oxygen atoms in total. The smallest absolute Gasteiger partial charge is 0.221 e. The minimum Gasteiger partial charge on any atom is -0.370 e. The molecular formula is C12H18N4. The molecule has 1 aliphatic carbocycles. The molecule has 0 atom stereocenters. The van der Waals surface area contributed by atoms with Gasteiger partial charge in [-0.2, -0.15) is 4.98 Å². The summed E-state index contributed by atoms with van der Waals surface area (Å²) in [5.41, 5.74) is 7.07. The summed E-state index contributed by atoms with van der Waals surface area (Å²) in [6, 6.07) is 1.84.